The van der Waals surface area contributed by atoms with Crippen LogP contribution in [0.2, 0.25) is 0 Å². The van der Waals surface area contributed by atoms with Gasteiger partial charge in [0.2, 0.25) is 0 Å². The second kappa shape index (κ2) is 5.82. The Morgan fingerprint density at radius 3 is 2.67 bits per heavy atom. The Balaban J connectivity index is 1.92. The van der Waals surface area contributed by atoms with E-state index < -0.39 is 5.60 Å². The Bertz CT molecular complexity index is 802. The van der Waals surface area contributed by atoms with Crippen LogP contribution >= 0.6 is 0 Å². The molecule has 0 fully saturated rings. The molecule has 126 valence electrons. The molecule has 0 bridgehead atoms. The lowest BCUT2D eigenvalue weighted by molar-refractivity contribution is -0.131. The van der Waals surface area contributed by atoms with E-state index in [1.54, 1.807) is 25.3 Å². The number of anilines is 1. The molecule has 0 radical (unpaired) electrons. The first-order valence-electron chi connectivity index (χ1n) is 8.06. The van der Waals surface area contributed by atoms with E-state index in [2.05, 4.69) is 10.3 Å². The van der Waals surface area contributed by atoms with Crippen LogP contribution in [-0.4, -0.2) is 21.6 Å². The molecule has 0 spiro atoms. The smallest absolute Gasteiger partial charge is 0.269 e. The predicted molar refractivity (Wildman–Crippen MR) is 92.5 cm³/mol. The molecule has 1 aliphatic rings. The highest BCUT2D eigenvalue weighted by Crippen LogP contribution is 2.43. The average Bonchev–Trinajstić information content (AvgIpc) is 2.59. The number of fused-ring (bicyclic) bond motifs is 1. The van der Waals surface area contributed by atoms with Gasteiger partial charge in [-0.25, -0.2) is 4.98 Å². The summed E-state index contributed by atoms with van der Waals surface area (Å²) in [4.78, 5) is 16.8. The van der Waals surface area contributed by atoms with Gasteiger partial charge in [0.05, 0.1) is 0 Å². The zero-order chi connectivity index (χ0) is 17.5. The normalized spacial score (nSPS) is 19.3. The van der Waals surface area contributed by atoms with E-state index in [1.807, 2.05) is 26.8 Å². The first-order valence-corrected chi connectivity index (χ1v) is 8.06. The van der Waals surface area contributed by atoms with Gasteiger partial charge < -0.3 is 15.2 Å². The Hall–Kier alpha value is -2.56. The molecule has 1 amide bonds. The van der Waals surface area contributed by atoms with Crippen molar-refractivity contribution in [3.63, 3.8) is 0 Å². The largest absolute Gasteiger partial charge is 0.507 e. The first kappa shape index (κ1) is 16.3. The van der Waals surface area contributed by atoms with Crippen LogP contribution in [0.3, 0.4) is 0 Å². The highest BCUT2D eigenvalue weighted by atomic mass is 16.5. The van der Waals surface area contributed by atoms with Gasteiger partial charge in [0.15, 0.2) is 5.60 Å². The van der Waals surface area contributed by atoms with Crippen molar-refractivity contribution in [2.45, 2.75) is 46.1 Å². The van der Waals surface area contributed by atoms with Gasteiger partial charge in [0.1, 0.15) is 17.3 Å². The van der Waals surface area contributed by atoms with Crippen molar-refractivity contribution in [3.8, 4) is 11.5 Å². The maximum absolute atomic E-state index is 12.7. The number of carbonyl (C=O) groups is 1. The van der Waals surface area contributed by atoms with Crippen molar-refractivity contribution < 1.29 is 14.6 Å². The molecule has 0 saturated carbocycles. The van der Waals surface area contributed by atoms with E-state index in [1.165, 1.54) is 0 Å². The van der Waals surface area contributed by atoms with Crippen molar-refractivity contribution in [2.24, 2.45) is 0 Å². The number of benzene rings is 1. The molecule has 1 atom stereocenters. The fourth-order valence-corrected chi connectivity index (χ4v) is 3.09. The lowest BCUT2D eigenvalue weighted by atomic mass is 9.86. The number of hydrogen-bond acceptors (Lipinski definition) is 4. The Morgan fingerprint density at radius 1 is 1.25 bits per heavy atom. The van der Waals surface area contributed by atoms with Crippen molar-refractivity contribution in [1.29, 1.82) is 0 Å². The summed E-state index contributed by atoms with van der Waals surface area (Å²) in [6, 6.07) is 5.36. The number of phenolic OH excluding ortho intramolecular Hbond substituents is 1. The molecule has 5 nitrogen and oxygen atoms in total. The molecule has 1 unspecified atom stereocenters. The Morgan fingerprint density at radius 2 is 2.00 bits per heavy atom. The molecule has 1 aromatic heterocycles. The molecule has 1 aromatic carbocycles. The summed E-state index contributed by atoms with van der Waals surface area (Å²) in [6.45, 7) is 7.46. The van der Waals surface area contributed by atoms with E-state index >= 15 is 0 Å². The quantitative estimate of drug-likeness (QED) is 0.887. The van der Waals surface area contributed by atoms with Crippen LogP contribution in [0.5, 0.6) is 11.5 Å². The number of nitrogens with one attached hydrogen (secondary N) is 1. The van der Waals surface area contributed by atoms with Crippen molar-refractivity contribution >= 4 is 11.7 Å². The molecule has 2 heterocycles. The van der Waals surface area contributed by atoms with E-state index in [0.717, 1.165) is 22.3 Å². The molecule has 2 aromatic rings. The summed E-state index contributed by atoms with van der Waals surface area (Å²) in [5.41, 5.74) is 2.52. The maximum Gasteiger partial charge on any atom is 0.269 e. The number of pyridine rings is 1. The Labute approximate surface area is 141 Å². The van der Waals surface area contributed by atoms with E-state index in [4.69, 9.17) is 4.74 Å². The summed E-state index contributed by atoms with van der Waals surface area (Å²) in [5.74, 6) is 1.33. The van der Waals surface area contributed by atoms with E-state index in [9.17, 15) is 9.90 Å². The van der Waals surface area contributed by atoms with Crippen LogP contribution < -0.4 is 10.1 Å². The van der Waals surface area contributed by atoms with Gasteiger partial charge in [-0.3, -0.25) is 4.79 Å². The van der Waals surface area contributed by atoms with Gasteiger partial charge in [0, 0.05) is 18.2 Å². The average molecular weight is 326 g/mol. The highest BCUT2D eigenvalue weighted by Gasteiger charge is 2.41. The molecular formula is C19H22N2O3. The molecule has 0 aliphatic carbocycles. The summed E-state index contributed by atoms with van der Waals surface area (Å²) in [6.07, 6.45) is 2.86. The van der Waals surface area contributed by atoms with Crippen molar-refractivity contribution in [1.82, 2.24) is 4.98 Å². The fourth-order valence-electron chi connectivity index (χ4n) is 3.09. The fraction of sp³-hybridized carbons (Fsp3) is 0.368. The van der Waals surface area contributed by atoms with E-state index in [-0.39, 0.29) is 5.91 Å². The molecule has 1 aliphatic heterocycles. The first-order chi connectivity index (χ1) is 11.3. The summed E-state index contributed by atoms with van der Waals surface area (Å²) < 4.78 is 6.15. The second-order valence-electron chi connectivity index (χ2n) is 6.53. The lowest BCUT2D eigenvalue weighted by Gasteiger charge is -2.36. The molecule has 24 heavy (non-hydrogen) atoms. The van der Waals surface area contributed by atoms with Gasteiger partial charge in [-0.05, 0) is 62.9 Å². The number of ether oxygens (including phenoxy) is 1. The van der Waals surface area contributed by atoms with Crippen LogP contribution in [0.15, 0.2) is 24.4 Å². The topological polar surface area (TPSA) is 71.5 Å². The van der Waals surface area contributed by atoms with Crippen molar-refractivity contribution in [2.75, 3.05) is 5.32 Å². The third kappa shape index (κ3) is 2.60. The van der Waals surface area contributed by atoms with E-state index in [0.29, 0.717) is 30.2 Å². The lowest BCUT2D eigenvalue weighted by Crippen LogP contribution is -2.48. The molecule has 0 saturated heterocycles. The van der Waals surface area contributed by atoms with Gasteiger partial charge >= 0.3 is 0 Å². The number of hydrogen-bond donors (Lipinski definition) is 2. The number of aromatic hydroxyl groups is 1. The number of nitrogens with zero attached hydrogens (tertiary/aromatic N) is 1. The van der Waals surface area contributed by atoms with Crippen LogP contribution in [0.25, 0.3) is 0 Å². The summed E-state index contributed by atoms with van der Waals surface area (Å²) in [5, 5.41) is 13.1. The standard InChI is InChI=1S/C19H22N2O3/c1-11-12(2)17-14(13(3)16(11)22)8-9-19(4,24-17)18(23)21-15-7-5-6-10-20-15/h5-7,10,22H,8-9H2,1-4H3,(H,20,21,23). The molecule has 2 N–H and O–H groups in total. The van der Waals surface area contributed by atoms with Gasteiger partial charge in [-0.1, -0.05) is 6.07 Å². The Kier molecular flexibility index (Phi) is 3.95. The number of carbonyl (C=O) groups excluding carboxylic acids is 1. The van der Waals surface area contributed by atoms with Crippen LogP contribution in [-0.2, 0) is 11.2 Å². The minimum absolute atomic E-state index is 0.213. The molecule has 5 heteroatoms. The zero-order valence-electron chi connectivity index (χ0n) is 14.4. The van der Waals surface area contributed by atoms with Gasteiger partial charge in [-0.15, -0.1) is 0 Å². The van der Waals surface area contributed by atoms with Gasteiger partial charge in [-0.2, -0.15) is 0 Å². The summed E-state index contributed by atoms with van der Waals surface area (Å²) in [7, 11) is 0. The summed E-state index contributed by atoms with van der Waals surface area (Å²) >= 11 is 0. The van der Waals surface area contributed by atoms with Crippen LogP contribution in [0.1, 0.15) is 35.6 Å². The number of phenols is 1. The van der Waals surface area contributed by atoms with Gasteiger partial charge in [0.25, 0.3) is 5.91 Å². The highest BCUT2D eigenvalue weighted by molar-refractivity contribution is 5.96. The number of amides is 1. The minimum Gasteiger partial charge on any atom is -0.507 e. The van der Waals surface area contributed by atoms with Crippen molar-refractivity contribution in [3.05, 3.63) is 46.6 Å². The number of rotatable bonds is 2. The zero-order valence-corrected chi connectivity index (χ0v) is 14.4. The third-order valence-corrected chi connectivity index (χ3v) is 4.91. The number of aromatic nitrogens is 1. The maximum atomic E-state index is 12.7. The molecule has 3 rings (SSSR count). The molecular weight excluding hydrogens is 304 g/mol. The van der Waals surface area contributed by atoms with Crippen LogP contribution in [0.4, 0.5) is 5.82 Å². The third-order valence-electron chi connectivity index (χ3n) is 4.91. The second-order valence-corrected chi connectivity index (χ2v) is 6.53. The SMILES string of the molecule is Cc1c(C)c2c(c(C)c1O)CCC(C)(C(=O)Nc1ccccn1)O2. The predicted octanol–water partition coefficient (Wildman–Crippen LogP) is 3.43. The van der Waals surface area contributed by atoms with Crippen LogP contribution in [0, 0.1) is 20.8 Å². The minimum atomic E-state index is -0.967. The monoisotopic (exact) mass is 326 g/mol.